The van der Waals surface area contributed by atoms with E-state index in [9.17, 15) is 5.11 Å². The van der Waals surface area contributed by atoms with Crippen molar-refractivity contribution in [1.82, 2.24) is 0 Å². The van der Waals surface area contributed by atoms with Gasteiger partial charge in [0.25, 0.3) is 0 Å². The molecule has 2 saturated heterocycles. The zero-order chi connectivity index (χ0) is 20.9. The number of hydrogen-bond donors (Lipinski definition) is 1. The molecule has 3 saturated carbocycles. The SMILES string of the molecule is C[C@@H]1CC[C@@]2(OC1)O[C@H]1C[C@H]3[C@@H]4CC=C5CC(O)CC[C@]5(C)[C@H]4CC[C@]3(C)[C@H]1[C@@H]2C. The topological polar surface area (TPSA) is 38.7 Å². The van der Waals surface area contributed by atoms with E-state index >= 15 is 0 Å². The van der Waals surface area contributed by atoms with Crippen molar-refractivity contribution in [3.8, 4) is 0 Å². The molecule has 4 aliphatic carbocycles. The van der Waals surface area contributed by atoms with Crippen LogP contribution in [0.25, 0.3) is 0 Å². The van der Waals surface area contributed by atoms with Crippen LogP contribution in [-0.2, 0) is 9.47 Å². The molecule has 0 aromatic carbocycles. The van der Waals surface area contributed by atoms with E-state index in [0.29, 0.717) is 34.7 Å². The first-order valence-corrected chi connectivity index (χ1v) is 13.0. The van der Waals surface area contributed by atoms with Gasteiger partial charge in [0.2, 0.25) is 0 Å². The van der Waals surface area contributed by atoms with Crippen molar-refractivity contribution in [3.05, 3.63) is 11.6 Å². The fourth-order valence-corrected chi connectivity index (χ4v) is 9.66. The molecule has 1 N–H and O–H groups in total. The van der Waals surface area contributed by atoms with Crippen molar-refractivity contribution in [1.29, 1.82) is 0 Å². The molecule has 2 heterocycles. The van der Waals surface area contributed by atoms with Crippen LogP contribution in [0.5, 0.6) is 0 Å². The van der Waals surface area contributed by atoms with Crippen LogP contribution in [0, 0.1) is 46.3 Å². The van der Waals surface area contributed by atoms with Gasteiger partial charge >= 0.3 is 0 Å². The minimum absolute atomic E-state index is 0.107. The van der Waals surface area contributed by atoms with Gasteiger partial charge in [0.05, 0.1) is 18.8 Å². The number of allylic oxidation sites excluding steroid dienone is 1. The molecule has 1 spiro atoms. The average molecular weight is 415 g/mol. The van der Waals surface area contributed by atoms with E-state index in [1.165, 1.54) is 38.5 Å². The number of rotatable bonds is 0. The smallest absolute Gasteiger partial charge is 0.171 e. The van der Waals surface area contributed by atoms with E-state index in [0.717, 1.165) is 43.6 Å². The molecular weight excluding hydrogens is 372 g/mol. The van der Waals surface area contributed by atoms with Crippen molar-refractivity contribution in [2.75, 3.05) is 6.61 Å². The molecule has 30 heavy (non-hydrogen) atoms. The molecule has 6 aliphatic rings. The van der Waals surface area contributed by atoms with Gasteiger partial charge in [-0.15, -0.1) is 0 Å². The van der Waals surface area contributed by atoms with Crippen molar-refractivity contribution < 1.29 is 14.6 Å². The normalized spacial score (nSPS) is 59.8. The molecule has 168 valence electrons. The van der Waals surface area contributed by atoms with Gasteiger partial charge in [0.15, 0.2) is 5.79 Å². The summed E-state index contributed by atoms with van der Waals surface area (Å²) in [6.07, 6.45) is 13.5. The second-order valence-corrected chi connectivity index (χ2v) is 12.7. The maximum atomic E-state index is 10.3. The van der Waals surface area contributed by atoms with Crippen LogP contribution >= 0.6 is 0 Å². The largest absolute Gasteiger partial charge is 0.393 e. The van der Waals surface area contributed by atoms with Crippen molar-refractivity contribution >= 4 is 0 Å². The predicted molar refractivity (Wildman–Crippen MR) is 118 cm³/mol. The standard InChI is InChI=1S/C27H42O3/c1-16-7-12-27(29-15-16)17(2)24-23(30-27)14-22-20-6-5-18-13-19(28)8-10-25(18,3)21(20)9-11-26(22,24)4/h5,16-17,19-24,28H,6-15H2,1-4H3/t16-,17+,19?,20-,21+,22+,23+,24+,25+,26+,27-/m1/s1. The molecule has 11 atom stereocenters. The first-order chi connectivity index (χ1) is 14.3. The highest BCUT2D eigenvalue weighted by molar-refractivity contribution is 5.26. The lowest BCUT2D eigenvalue weighted by atomic mass is 9.47. The Kier molecular flexibility index (Phi) is 4.44. The van der Waals surface area contributed by atoms with E-state index in [2.05, 4.69) is 33.8 Å². The minimum Gasteiger partial charge on any atom is -0.393 e. The van der Waals surface area contributed by atoms with Gasteiger partial charge in [-0.3, -0.25) is 0 Å². The molecule has 0 bridgehead atoms. The Hall–Kier alpha value is -0.380. The Morgan fingerprint density at radius 1 is 1.03 bits per heavy atom. The third-order valence-electron chi connectivity index (χ3n) is 11.3. The number of hydrogen-bond acceptors (Lipinski definition) is 3. The summed E-state index contributed by atoms with van der Waals surface area (Å²) in [5.74, 6) is 3.94. The zero-order valence-corrected chi connectivity index (χ0v) is 19.5. The highest BCUT2D eigenvalue weighted by Crippen LogP contribution is 2.70. The van der Waals surface area contributed by atoms with Crippen LogP contribution in [0.15, 0.2) is 11.6 Å². The average Bonchev–Trinajstić information content (AvgIpc) is 3.16. The monoisotopic (exact) mass is 414 g/mol. The first kappa shape index (κ1) is 20.2. The van der Waals surface area contributed by atoms with Crippen LogP contribution in [0.2, 0.25) is 0 Å². The fourth-order valence-electron chi connectivity index (χ4n) is 9.66. The third-order valence-corrected chi connectivity index (χ3v) is 11.3. The van der Waals surface area contributed by atoms with Crippen molar-refractivity contribution in [2.45, 2.75) is 103 Å². The Bertz CT molecular complexity index is 736. The summed E-state index contributed by atoms with van der Waals surface area (Å²) in [6, 6.07) is 0. The van der Waals surface area contributed by atoms with Gasteiger partial charge in [0.1, 0.15) is 0 Å². The summed E-state index contributed by atoms with van der Waals surface area (Å²) in [6.45, 7) is 10.8. The molecule has 1 unspecified atom stereocenters. The maximum Gasteiger partial charge on any atom is 0.171 e. The predicted octanol–water partition coefficient (Wildman–Crippen LogP) is 5.71. The summed E-state index contributed by atoms with van der Waals surface area (Å²) in [5.41, 5.74) is 2.31. The highest BCUT2D eigenvalue weighted by Gasteiger charge is 2.68. The molecule has 2 aliphatic heterocycles. The molecule has 0 amide bonds. The third kappa shape index (κ3) is 2.55. The number of aliphatic hydroxyl groups is 1. The summed E-state index contributed by atoms with van der Waals surface area (Å²) in [5, 5.41) is 10.3. The van der Waals surface area contributed by atoms with Crippen LogP contribution < -0.4 is 0 Å². The van der Waals surface area contributed by atoms with Gasteiger partial charge in [0, 0.05) is 12.3 Å². The zero-order valence-electron chi connectivity index (χ0n) is 19.5. The van der Waals surface area contributed by atoms with Gasteiger partial charge in [-0.1, -0.05) is 39.3 Å². The summed E-state index contributed by atoms with van der Waals surface area (Å²) < 4.78 is 13.3. The van der Waals surface area contributed by atoms with Crippen molar-refractivity contribution in [2.24, 2.45) is 46.3 Å². The Labute approximate surface area is 183 Å². The lowest BCUT2D eigenvalue weighted by Gasteiger charge is -2.58. The summed E-state index contributed by atoms with van der Waals surface area (Å²) in [4.78, 5) is 0. The minimum atomic E-state index is -0.294. The van der Waals surface area contributed by atoms with E-state index in [-0.39, 0.29) is 11.9 Å². The second kappa shape index (κ2) is 6.58. The Balaban J connectivity index is 1.28. The molecule has 0 aromatic heterocycles. The van der Waals surface area contributed by atoms with Gasteiger partial charge in [-0.25, -0.2) is 0 Å². The summed E-state index contributed by atoms with van der Waals surface area (Å²) in [7, 11) is 0. The van der Waals surface area contributed by atoms with E-state index in [4.69, 9.17) is 9.47 Å². The van der Waals surface area contributed by atoms with Crippen molar-refractivity contribution in [3.63, 3.8) is 0 Å². The molecule has 6 rings (SSSR count). The lowest BCUT2D eigenvalue weighted by Crippen LogP contribution is -2.52. The van der Waals surface area contributed by atoms with Gasteiger partial charge in [-0.2, -0.15) is 0 Å². The number of aliphatic hydroxyl groups excluding tert-OH is 1. The first-order valence-electron chi connectivity index (χ1n) is 13.0. The molecule has 3 nitrogen and oxygen atoms in total. The lowest BCUT2D eigenvalue weighted by molar-refractivity contribution is -0.272. The summed E-state index contributed by atoms with van der Waals surface area (Å²) >= 11 is 0. The van der Waals surface area contributed by atoms with E-state index in [1.807, 2.05) is 0 Å². The highest BCUT2D eigenvalue weighted by atomic mass is 16.7. The second-order valence-electron chi connectivity index (χ2n) is 12.7. The van der Waals surface area contributed by atoms with Gasteiger partial charge < -0.3 is 14.6 Å². The van der Waals surface area contributed by atoms with Crippen LogP contribution in [0.1, 0.15) is 85.5 Å². The Morgan fingerprint density at radius 2 is 1.87 bits per heavy atom. The van der Waals surface area contributed by atoms with Gasteiger partial charge in [-0.05, 0) is 91.8 Å². The maximum absolute atomic E-state index is 10.3. The van der Waals surface area contributed by atoms with Crippen LogP contribution in [0.4, 0.5) is 0 Å². The Morgan fingerprint density at radius 3 is 2.63 bits per heavy atom. The molecular formula is C27H42O3. The molecule has 0 aromatic rings. The number of fused-ring (bicyclic) bond motifs is 7. The van der Waals surface area contributed by atoms with E-state index in [1.54, 1.807) is 5.57 Å². The molecule has 0 radical (unpaired) electrons. The quantitative estimate of drug-likeness (QED) is 0.516. The number of ether oxygens (including phenoxy) is 2. The molecule has 3 heteroatoms. The van der Waals surface area contributed by atoms with Crippen LogP contribution in [-0.4, -0.2) is 29.7 Å². The molecule has 5 fully saturated rings. The van der Waals surface area contributed by atoms with Crippen LogP contribution in [0.3, 0.4) is 0 Å². The van der Waals surface area contributed by atoms with E-state index < -0.39 is 0 Å². The fraction of sp³-hybridized carbons (Fsp3) is 0.926.